The van der Waals surface area contributed by atoms with Crippen LogP contribution in [0.15, 0.2) is 24.3 Å². The topological polar surface area (TPSA) is 58.6 Å². The number of benzene rings is 1. The average molecular weight is 251 g/mol. The molecule has 2 N–H and O–H groups in total. The van der Waals surface area contributed by atoms with Crippen molar-refractivity contribution in [1.29, 1.82) is 0 Å². The number of nitrogens with one attached hydrogen (secondary N) is 1. The number of hydrogen-bond donors (Lipinski definition) is 2. The Labute approximate surface area is 108 Å². The second kappa shape index (κ2) is 5.87. The van der Waals surface area contributed by atoms with Crippen LogP contribution in [0.1, 0.15) is 26.3 Å². The van der Waals surface area contributed by atoms with E-state index in [1.807, 2.05) is 31.2 Å². The summed E-state index contributed by atoms with van der Waals surface area (Å²) in [4.78, 5) is 11.7. The minimum Gasteiger partial charge on any atom is -0.481 e. The fraction of sp³-hybridized carbons (Fsp3) is 0.500. The van der Waals surface area contributed by atoms with Crippen LogP contribution in [0.5, 0.6) is 5.75 Å². The lowest BCUT2D eigenvalue weighted by atomic mass is 10.1. The van der Waals surface area contributed by atoms with E-state index in [1.165, 1.54) is 0 Å². The summed E-state index contributed by atoms with van der Waals surface area (Å²) in [7, 11) is 0. The van der Waals surface area contributed by atoms with E-state index in [0.29, 0.717) is 5.75 Å². The van der Waals surface area contributed by atoms with Crippen LogP contribution in [0.25, 0.3) is 0 Å². The summed E-state index contributed by atoms with van der Waals surface area (Å²) in [5, 5.41) is 12.2. The first-order valence-corrected chi connectivity index (χ1v) is 6.01. The maximum absolute atomic E-state index is 11.7. The smallest absolute Gasteiger partial charge is 0.260 e. The molecule has 18 heavy (non-hydrogen) atoms. The number of rotatable bonds is 5. The Morgan fingerprint density at radius 1 is 1.50 bits per heavy atom. The van der Waals surface area contributed by atoms with Crippen LogP contribution in [0.3, 0.4) is 0 Å². The lowest BCUT2D eigenvalue weighted by molar-refractivity contribution is -0.128. The molecule has 1 rings (SSSR count). The van der Waals surface area contributed by atoms with Gasteiger partial charge in [0.2, 0.25) is 0 Å². The van der Waals surface area contributed by atoms with Crippen molar-refractivity contribution in [2.75, 3.05) is 6.54 Å². The largest absolute Gasteiger partial charge is 0.481 e. The lowest BCUT2D eigenvalue weighted by Crippen LogP contribution is -2.43. The Hall–Kier alpha value is -1.55. The van der Waals surface area contributed by atoms with Gasteiger partial charge in [-0.05, 0) is 45.4 Å². The second-order valence-electron chi connectivity index (χ2n) is 5.11. The summed E-state index contributed by atoms with van der Waals surface area (Å²) in [5.74, 6) is 0.430. The van der Waals surface area contributed by atoms with Crippen molar-refractivity contribution in [2.45, 2.75) is 39.4 Å². The highest BCUT2D eigenvalue weighted by atomic mass is 16.5. The molecule has 1 aromatic rings. The van der Waals surface area contributed by atoms with E-state index in [4.69, 9.17) is 4.74 Å². The SMILES string of the molecule is Cc1cccc(OC(C)C(=O)NCC(C)(C)O)c1. The molecule has 0 saturated heterocycles. The average Bonchev–Trinajstić information content (AvgIpc) is 2.24. The summed E-state index contributed by atoms with van der Waals surface area (Å²) in [6.45, 7) is 7.12. The maximum atomic E-state index is 11.7. The third-order valence-corrected chi connectivity index (χ3v) is 2.37. The van der Waals surface area contributed by atoms with Gasteiger partial charge in [-0.3, -0.25) is 4.79 Å². The van der Waals surface area contributed by atoms with E-state index in [-0.39, 0.29) is 12.5 Å². The molecule has 0 aromatic heterocycles. The zero-order valence-electron chi connectivity index (χ0n) is 11.4. The molecule has 0 heterocycles. The summed E-state index contributed by atoms with van der Waals surface area (Å²) < 4.78 is 5.53. The van der Waals surface area contributed by atoms with Crippen molar-refractivity contribution in [2.24, 2.45) is 0 Å². The van der Waals surface area contributed by atoms with Crippen molar-refractivity contribution in [1.82, 2.24) is 5.32 Å². The number of aryl methyl sites for hydroxylation is 1. The molecule has 0 fully saturated rings. The summed E-state index contributed by atoms with van der Waals surface area (Å²) in [5.41, 5.74) is 0.162. The molecule has 0 saturated carbocycles. The molecule has 1 amide bonds. The molecule has 4 heteroatoms. The summed E-state index contributed by atoms with van der Waals surface area (Å²) in [6.07, 6.45) is -0.589. The molecule has 100 valence electrons. The lowest BCUT2D eigenvalue weighted by Gasteiger charge is -2.20. The van der Waals surface area contributed by atoms with E-state index < -0.39 is 11.7 Å². The fourth-order valence-corrected chi connectivity index (χ4v) is 1.39. The number of aliphatic hydroxyl groups is 1. The van der Waals surface area contributed by atoms with Gasteiger partial charge in [0.15, 0.2) is 6.10 Å². The zero-order chi connectivity index (χ0) is 13.8. The predicted octanol–water partition coefficient (Wildman–Crippen LogP) is 1.65. The van der Waals surface area contributed by atoms with Crippen LogP contribution in [-0.2, 0) is 4.79 Å². The van der Waals surface area contributed by atoms with Crippen LogP contribution in [0.4, 0.5) is 0 Å². The van der Waals surface area contributed by atoms with Gasteiger partial charge in [0.05, 0.1) is 5.60 Å². The monoisotopic (exact) mass is 251 g/mol. The van der Waals surface area contributed by atoms with Gasteiger partial charge in [-0.2, -0.15) is 0 Å². The zero-order valence-corrected chi connectivity index (χ0v) is 11.4. The molecular weight excluding hydrogens is 230 g/mol. The minimum atomic E-state index is -0.918. The van der Waals surface area contributed by atoms with Crippen molar-refractivity contribution in [3.05, 3.63) is 29.8 Å². The van der Waals surface area contributed by atoms with Crippen LogP contribution in [-0.4, -0.2) is 29.3 Å². The molecule has 0 bridgehead atoms. The van der Waals surface area contributed by atoms with Gasteiger partial charge in [0, 0.05) is 6.54 Å². The first-order valence-electron chi connectivity index (χ1n) is 6.01. The Morgan fingerprint density at radius 2 is 2.17 bits per heavy atom. The number of carbonyl (C=O) groups excluding carboxylic acids is 1. The van der Waals surface area contributed by atoms with Crippen LogP contribution in [0.2, 0.25) is 0 Å². The molecule has 1 unspecified atom stereocenters. The molecule has 1 aromatic carbocycles. The third-order valence-electron chi connectivity index (χ3n) is 2.37. The van der Waals surface area contributed by atoms with E-state index in [1.54, 1.807) is 20.8 Å². The number of hydrogen-bond acceptors (Lipinski definition) is 3. The Bertz CT molecular complexity index is 410. The summed E-state index contributed by atoms with van der Waals surface area (Å²) in [6, 6.07) is 7.53. The van der Waals surface area contributed by atoms with Gasteiger partial charge in [0.25, 0.3) is 5.91 Å². The van der Waals surface area contributed by atoms with E-state index in [2.05, 4.69) is 5.32 Å². The molecule has 0 aliphatic carbocycles. The molecule has 0 aliphatic heterocycles. The highest BCUT2D eigenvalue weighted by molar-refractivity contribution is 5.80. The maximum Gasteiger partial charge on any atom is 0.260 e. The van der Waals surface area contributed by atoms with Crippen LogP contribution < -0.4 is 10.1 Å². The van der Waals surface area contributed by atoms with Gasteiger partial charge >= 0.3 is 0 Å². The van der Waals surface area contributed by atoms with Gasteiger partial charge in [-0.25, -0.2) is 0 Å². The molecule has 1 atom stereocenters. The Balaban J connectivity index is 2.50. The highest BCUT2D eigenvalue weighted by Gasteiger charge is 2.18. The number of ether oxygens (including phenoxy) is 1. The van der Waals surface area contributed by atoms with E-state index >= 15 is 0 Å². The van der Waals surface area contributed by atoms with Crippen LogP contribution in [0, 0.1) is 6.92 Å². The third kappa shape index (κ3) is 5.19. The highest BCUT2D eigenvalue weighted by Crippen LogP contribution is 2.14. The molecule has 0 radical (unpaired) electrons. The normalized spacial score (nSPS) is 12.9. The predicted molar refractivity (Wildman–Crippen MR) is 70.6 cm³/mol. The Kier molecular flexibility index (Phi) is 4.73. The van der Waals surface area contributed by atoms with Crippen molar-refractivity contribution in [3.63, 3.8) is 0 Å². The molecule has 4 nitrogen and oxygen atoms in total. The number of carbonyl (C=O) groups is 1. The van der Waals surface area contributed by atoms with Gasteiger partial charge < -0.3 is 15.2 Å². The van der Waals surface area contributed by atoms with Gasteiger partial charge in [-0.1, -0.05) is 12.1 Å². The first-order chi connectivity index (χ1) is 8.28. The van der Waals surface area contributed by atoms with Crippen molar-refractivity contribution >= 4 is 5.91 Å². The fourth-order valence-electron chi connectivity index (χ4n) is 1.39. The standard InChI is InChI=1S/C14H21NO3/c1-10-6-5-7-12(8-10)18-11(2)13(16)15-9-14(3,4)17/h5-8,11,17H,9H2,1-4H3,(H,15,16). The van der Waals surface area contributed by atoms with Crippen molar-refractivity contribution in [3.8, 4) is 5.75 Å². The van der Waals surface area contributed by atoms with Gasteiger partial charge in [-0.15, -0.1) is 0 Å². The quantitative estimate of drug-likeness (QED) is 0.836. The van der Waals surface area contributed by atoms with Crippen molar-refractivity contribution < 1.29 is 14.6 Å². The first kappa shape index (κ1) is 14.5. The number of amides is 1. The molecule has 0 aliphatic rings. The molecular formula is C14H21NO3. The van der Waals surface area contributed by atoms with Crippen LogP contribution >= 0.6 is 0 Å². The summed E-state index contributed by atoms with van der Waals surface area (Å²) >= 11 is 0. The van der Waals surface area contributed by atoms with E-state index in [0.717, 1.165) is 5.56 Å². The van der Waals surface area contributed by atoms with Gasteiger partial charge in [0.1, 0.15) is 5.75 Å². The minimum absolute atomic E-state index is 0.202. The molecule has 0 spiro atoms. The van der Waals surface area contributed by atoms with E-state index in [9.17, 15) is 9.90 Å². The Morgan fingerprint density at radius 3 is 2.72 bits per heavy atom. The second-order valence-corrected chi connectivity index (χ2v) is 5.11.